The molecule has 0 unspecified atom stereocenters. The van der Waals surface area contributed by atoms with Crippen molar-refractivity contribution in [3.63, 3.8) is 0 Å². The Hall–Kier alpha value is -2.78. The van der Waals surface area contributed by atoms with Gasteiger partial charge in [-0.15, -0.1) is 0 Å². The molecule has 2 aromatic carbocycles. The van der Waals surface area contributed by atoms with Crippen LogP contribution in [0, 0.1) is 11.7 Å². The molecule has 0 atom stereocenters. The quantitative estimate of drug-likeness (QED) is 0.674. The fourth-order valence-corrected chi connectivity index (χ4v) is 4.78. The van der Waals surface area contributed by atoms with Crippen molar-refractivity contribution in [1.82, 2.24) is 9.62 Å². The monoisotopic (exact) mass is 434 g/mol. The number of rotatable bonds is 7. The van der Waals surface area contributed by atoms with E-state index in [-0.39, 0.29) is 37.0 Å². The summed E-state index contributed by atoms with van der Waals surface area (Å²) in [6.45, 7) is 0.0850. The highest BCUT2D eigenvalue weighted by atomic mass is 32.2. The Kier molecular flexibility index (Phi) is 7.17. The van der Waals surface area contributed by atoms with Gasteiger partial charge in [0.05, 0.1) is 0 Å². The number of benzene rings is 2. The highest BCUT2D eigenvalue weighted by Crippen LogP contribution is 2.25. The van der Waals surface area contributed by atoms with Crippen LogP contribution in [-0.4, -0.2) is 44.2 Å². The van der Waals surface area contributed by atoms with Gasteiger partial charge in [0.25, 0.3) is 0 Å². The third kappa shape index (κ3) is 5.43. The van der Waals surface area contributed by atoms with Crippen LogP contribution in [0.5, 0.6) is 0 Å². The van der Waals surface area contributed by atoms with Crippen molar-refractivity contribution in [2.75, 3.05) is 19.6 Å². The van der Waals surface area contributed by atoms with Gasteiger partial charge in [0, 0.05) is 19.0 Å². The summed E-state index contributed by atoms with van der Waals surface area (Å²) in [7, 11) is -3.95. The minimum atomic E-state index is -3.95. The Balaban J connectivity index is 1.45. The van der Waals surface area contributed by atoms with E-state index >= 15 is 0 Å². The molecule has 1 fully saturated rings. The van der Waals surface area contributed by atoms with Gasteiger partial charge in [-0.2, -0.15) is 4.31 Å². The lowest BCUT2D eigenvalue weighted by atomic mass is 9.97. The molecule has 0 spiro atoms. The summed E-state index contributed by atoms with van der Waals surface area (Å²) >= 11 is 0. The lowest BCUT2D eigenvalue weighted by molar-refractivity contribution is -0.145. The van der Waals surface area contributed by atoms with Crippen molar-refractivity contribution in [3.8, 4) is 0 Å². The molecular weight excluding hydrogens is 411 g/mol. The lowest BCUT2D eigenvalue weighted by Gasteiger charge is -2.30. The second kappa shape index (κ2) is 9.82. The molecule has 1 heterocycles. The highest BCUT2D eigenvalue weighted by molar-refractivity contribution is 7.89. The van der Waals surface area contributed by atoms with Gasteiger partial charge in [-0.3, -0.25) is 9.59 Å². The lowest BCUT2D eigenvalue weighted by Crippen LogP contribution is -2.44. The number of ether oxygens (including phenoxy) is 1. The molecule has 7 nitrogen and oxygen atoms in total. The molecule has 1 aliphatic heterocycles. The average molecular weight is 434 g/mol. The molecule has 2 aromatic rings. The zero-order valence-corrected chi connectivity index (χ0v) is 17.1. The molecule has 0 aromatic heterocycles. The van der Waals surface area contributed by atoms with E-state index in [1.54, 1.807) is 0 Å². The number of sulfonamides is 1. The van der Waals surface area contributed by atoms with Crippen molar-refractivity contribution in [2.45, 2.75) is 24.3 Å². The number of amides is 1. The molecule has 0 radical (unpaired) electrons. The summed E-state index contributed by atoms with van der Waals surface area (Å²) in [4.78, 5) is 23.8. The van der Waals surface area contributed by atoms with Crippen molar-refractivity contribution in [1.29, 1.82) is 0 Å². The minimum Gasteiger partial charge on any atom is -0.460 e. The summed E-state index contributed by atoms with van der Waals surface area (Å²) < 4.78 is 45.4. The largest absolute Gasteiger partial charge is 0.460 e. The van der Waals surface area contributed by atoms with Crippen LogP contribution in [0.25, 0.3) is 0 Å². The standard InChI is InChI=1S/C21H23FN2O5S/c22-18-8-4-5-9-19(18)30(27,28)24-12-10-17(11-13-24)21(26)23-14-20(25)29-15-16-6-2-1-3-7-16/h1-9,17H,10-15H2,(H,23,26). The van der Waals surface area contributed by atoms with Crippen molar-refractivity contribution < 1.29 is 27.1 Å². The number of nitrogens with one attached hydrogen (secondary N) is 1. The fourth-order valence-electron chi connectivity index (χ4n) is 3.24. The summed E-state index contributed by atoms with van der Waals surface area (Å²) in [6, 6.07) is 14.4. The van der Waals surface area contributed by atoms with Gasteiger partial charge in [0.2, 0.25) is 15.9 Å². The molecule has 0 aliphatic carbocycles. The normalized spacial score (nSPS) is 15.5. The predicted molar refractivity (Wildman–Crippen MR) is 107 cm³/mol. The SMILES string of the molecule is O=C(CNC(=O)C1CCN(S(=O)(=O)c2ccccc2F)CC1)OCc1ccccc1. The van der Waals surface area contributed by atoms with Crippen LogP contribution >= 0.6 is 0 Å². The molecule has 1 saturated heterocycles. The maximum absolute atomic E-state index is 13.9. The van der Waals surface area contributed by atoms with Crippen LogP contribution in [0.3, 0.4) is 0 Å². The summed E-state index contributed by atoms with van der Waals surface area (Å²) in [5.74, 6) is -2.09. The first kappa shape index (κ1) is 21.9. The van der Waals surface area contributed by atoms with Gasteiger partial charge in [-0.25, -0.2) is 12.8 Å². The first-order chi connectivity index (χ1) is 14.4. The Morgan fingerprint density at radius 2 is 1.67 bits per heavy atom. The molecule has 3 rings (SSSR count). The number of carbonyl (C=O) groups excluding carboxylic acids is 2. The molecule has 1 N–H and O–H groups in total. The molecule has 9 heteroatoms. The zero-order chi connectivity index (χ0) is 21.6. The van der Waals surface area contributed by atoms with Gasteiger partial charge < -0.3 is 10.1 Å². The first-order valence-corrected chi connectivity index (χ1v) is 11.0. The Labute approximate surface area is 174 Å². The van der Waals surface area contributed by atoms with E-state index in [4.69, 9.17) is 4.74 Å². The zero-order valence-electron chi connectivity index (χ0n) is 16.3. The van der Waals surface area contributed by atoms with E-state index in [2.05, 4.69) is 5.32 Å². The number of piperidine rings is 1. The summed E-state index contributed by atoms with van der Waals surface area (Å²) in [5.41, 5.74) is 0.848. The molecule has 30 heavy (non-hydrogen) atoms. The topological polar surface area (TPSA) is 92.8 Å². The third-order valence-electron chi connectivity index (χ3n) is 4.93. The van der Waals surface area contributed by atoms with Gasteiger partial charge in [-0.05, 0) is 30.5 Å². The number of nitrogens with zero attached hydrogens (tertiary/aromatic N) is 1. The van der Waals surface area contributed by atoms with Gasteiger partial charge in [0.1, 0.15) is 23.9 Å². The summed E-state index contributed by atoms with van der Waals surface area (Å²) in [5, 5.41) is 2.54. The number of esters is 1. The number of halogens is 1. The van der Waals surface area contributed by atoms with Gasteiger partial charge in [-0.1, -0.05) is 42.5 Å². The van der Waals surface area contributed by atoms with E-state index in [0.29, 0.717) is 12.8 Å². The highest BCUT2D eigenvalue weighted by Gasteiger charge is 2.33. The molecule has 160 valence electrons. The smallest absolute Gasteiger partial charge is 0.325 e. The predicted octanol–water partition coefficient (Wildman–Crippen LogP) is 2.09. The van der Waals surface area contributed by atoms with E-state index in [1.807, 2.05) is 30.3 Å². The second-order valence-electron chi connectivity index (χ2n) is 6.97. The van der Waals surface area contributed by atoms with Crippen molar-refractivity contribution in [2.24, 2.45) is 5.92 Å². The summed E-state index contributed by atoms with van der Waals surface area (Å²) in [6.07, 6.45) is 0.581. The fraction of sp³-hybridized carbons (Fsp3) is 0.333. The Bertz CT molecular complexity index is 989. The van der Waals surface area contributed by atoms with Crippen LogP contribution < -0.4 is 5.32 Å². The van der Waals surface area contributed by atoms with E-state index in [1.165, 1.54) is 22.5 Å². The molecule has 0 bridgehead atoms. The Morgan fingerprint density at radius 1 is 1.03 bits per heavy atom. The van der Waals surface area contributed by atoms with Crippen LogP contribution in [0.4, 0.5) is 4.39 Å². The van der Waals surface area contributed by atoms with E-state index < -0.39 is 27.7 Å². The minimum absolute atomic E-state index is 0.104. The Morgan fingerprint density at radius 3 is 2.33 bits per heavy atom. The van der Waals surface area contributed by atoms with Crippen molar-refractivity contribution >= 4 is 21.9 Å². The molecular formula is C21H23FN2O5S. The third-order valence-corrected chi connectivity index (χ3v) is 6.86. The van der Waals surface area contributed by atoms with E-state index in [0.717, 1.165) is 11.6 Å². The van der Waals surface area contributed by atoms with Crippen LogP contribution in [0.2, 0.25) is 0 Å². The number of carbonyl (C=O) groups is 2. The molecule has 1 aliphatic rings. The number of hydrogen-bond acceptors (Lipinski definition) is 5. The first-order valence-electron chi connectivity index (χ1n) is 9.60. The second-order valence-corrected chi connectivity index (χ2v) is 8.88. The van der Waals surface area contributed by atoms with E-state index in [9.17, 15) is 22.4 Å². The number of hydrogen-bond donors (Lipinski definition) is 1. The maximum atomic E-state index is 13.9. The van der Waals surface area contributed by atoms with Gasteiger partial charge >= 0.3 is 5.97 Å². The van der Waals surface area contributed by atoms with Crippen molar-refractivity contribution in [3.05, 3.63) is 66.0 Å². The average Bonchev–Trinajstić information content (AvgIpc) is 2.77. The molecule has 0 saturated carbocycles. The van der Waals surface area contributed by atoms with Crippen LogP contribution in [-0.2, 0) is 31.0 Å². The van der Waals surface area contributed by atoms with Crippen LogP contribution in [0.15, 0.2) is 59.5 Å². The maximum Gasteiger partial charge on any atom is 0.325 e. The van der Waals surface area contributed by atoms with Gasteiger partial charge in [0.15, 0.2) is 0 Å². The molecule has 1 amide bonds. The van der Waals surface area contributed by atoms with Crippen LogP contribution in [0.1, 0.15) is 18.4 Å².